The maximum atomic E-state index is 6.15. The second-order valence-electron chi connectivity index (χ2n) is 5.23. The maximum absolute atomic E-state index is 6.15. The number of methoxy groups -OCH3 is 1. The molecule has 2 aromatic carbocycles. The Balaban J connectivity index is 1.76. The lowest BCUT2D eigenvalue weighted by atomic mass is 10.0. The van der Waals surface area contributed by atoms with Crippen molar-refractivity contribution in [2.24, 2.45) is 0 Å². The molecule has 2 nitrogen and oxygen atoms in total. The number of hydrogen-bond donors (Lipinski definition) is 1. The van der Waals surface area contributed by atoms with Gasteiger partial charge in [0.15, 0.2) is 0 Å². The van der Waals surface area contributed by atoms with Crippen LogP contribution < -0.4 is 10.1 Å². The van der Waals surface area contributed by atoms with E-state index in [1.165, 1.54) is 10.5 Å². The predicted octanol–water partition coefficient (Wildman–Crippen LogP) is 4.96. The van der Waals surface area contributed by atoms with Crippen molar-refractivity contribution < 1.29 is 4.74 Å². The van der Waals surface area contributed by atoms with Crippen molar-refractivity contribution in [1.29, 1.82) is 0 Å². The highest BCUT2D eigenvalue weighted by molar-refractivity contribution is 7.99. The summed E-state index contributed by atoms with van der Waals surface area (Å²) in [5, 5.41) is 4.25. The molecular weight excluding hydrogens is 302 g/mol. The van der Waals surface area contributed by atoms with Gasteiger partial charge in [0.1, 0.15) is 5.75 Å². The Morgan fingerprint density at radius 2 is 2.14 bits per heavy atom. The molecule has 0 amide bonds. The van der Waals surface area contributed by atoms with Gasteiger partial charge in [0.05, 0.1) is 12.8 Å². The molecule has 3 rings (SSSR count). The quantitative estimate of drug-likeness (QED) is 0.860. The van der Waals surface area contributed by atoms with Gasteiger partial charge in [-0.05, 0) is 30.2 Å². The fourth-order valence-corrected chi connectivity index (χ4v) is 4.01. The Morgan fingerprint density at radius 3 is 2.95 bits per heavy atom. The molecule has 1 N–H and O–H groups in total. The lowest BCUT2D eigenvalue weighted by Gasteiger charge is -2.16. The molecule has 1 atom stereocenters. The molecule has 21 heavy (non-hydrogen) atoms. The molecule has 0 aliphatic carbocycles. The number of nitrogens with one attached hydrogen (secondary N) is 1. The first kappa shape index (κ1) is 14.6. The SMILES string of the molecule is COc1cc(Cl)c(C)cc1NCC1CSc2ccccc21. The number of aryl methyl sites for hydroxylation is 1. The number of thioether (sulfide) groups is 1. The van der Waals surface area contributed by atoms with Gasteiger partial charge in [0.25, 0.3) is 0 Å². The first-order valence-electron chi connectivity index (χ1n) is 6.98. The molecule has 1 aliphatic heterocycles. The fourth-order valence-electron chi connectivity index (χ4n) is 2.60. The number of anilines is 1. The van der Waals surface area contributed by atoms with Gasteiger partial charge in [-0.15, -0.1) is 11.8 Å². The average Bonchev–Trinajstić information content (AvgIpc) is 2.91. The van der Waals surface area contributed by atoms with E-state index in [0.29, 0.717) is 5.92 Å². The predicted molar refractivity (Wildman–Crippen MR) is 91.1 cm³/mol. The van der Waals surface area contributed by atoms with Gasteiger partial charge in [0.2, 0.25) is 0 Å². The largest absolute Gasteiger partial charge is 0.495 e. The summed E-state index contributed by atoms with van der Waals surface area (Å²) in [5.41, 5.74) is 3.51. The second-order valence-corrected chi connectivity index (χ2v) is 6.70. The van der Waals surface area contributed by atoms with E-state index in [9.17, 15) is 0 Å². The van der Waals surface area contributed by atoms with E-state index in [1.54, 1.807) is 7.11 Å². The molecule has 4 heteroatoms. The summed E-state index contributed by atoms with van der Waals surface area (Å²) >= 11 is 8.08. The average molecular weight is 320 g/mol. The molecular formula is C17H18ClNOS. The normalized spacial score (nSPS) is 16.6. The van der Waals surface area contributed by atoms with Gasteiger partial charge in [-0.3, -0.25) is 0 Å². The topological polar surface area (TPSA) is 21.3 Å². The minimum absolute atomic E-state index is 0.534. The molecule has 2 aromatic rings. The van der Waals surface area contributed by atoms with Crippen LogP contribution in [0.5, 0.6) is 5.75 Å². The molecule has 0 bridgehead atoms. The Kier molecular flexibility index (Phi) is 4.32. The maximum Gasteiger partial charge on any atom is 0.143 e. The minimum atomic E-state index is 0.534. The summed E-state index contributed by atoms with van der Waals surface area (Å²) in [7, 11) is 1.67. The van der Waals surface area contributed by atoms with E-state index in [-0.39, 0.29) is 0 Å². The van der Waals surface area contributed by atoms with Crippen LogP contribution in [0.15, 0.2) is 41.3 Å². The Bertz CT molecular complexity index is 659. The zero-order valence-corrected chi connectivity index (χ0v) is 13.7. The number of halogens is 1. The molecule has 1 aliphatic rings. The molecule has 0 aromatic heterocycles. The lowest BCUT2D eigenvalue weighted by Crippen LogP contribution is -2.13. The van der Waals surface area contributed by atoms with Gasteiger partial charge >= 0.3 is 0 Å². The smallest absolute Gasteiger partial charge is 0.143 e. The summed E-state index contributed by atoms with van der Waals surface area (Å²) in [6.07, 6.45) is 0. The minimum Gasteiger partial charge on any atom is -0.495 e. The monoisotopic (exact) mass is 319 g/mol. The van der Waals surface area contributed by atoms with Crippen molar-refractivity contribution in [3.8, 4) is 5.75 Å². The van der Waals surface area contributed by atoms with Crippen molar-refractivity contribution in [3.63, 3.8) is 0 Å². The standard InChI is InChI=1S/C17H18ClNOS/c1-11-7-15(16(20-2)8-14(11)18)19-9-12-10-21-17-6-4-3-5-13(12)17/h3-8,12,19H,9-10H2,1-2H3. The third kappa shape index (κ3) is 2.99. The molecule has 1 heterocycles. The third-order valence-electron chi connectivity index (χ3n) is 3.82. The van der Waals surface area contributed by atoms with Crippen LogP contribution in [0, 0.1) is 6.92 Å². The molecule has 0 radical (unpaired) electrons. The molecule has 0 fully saturated rings. The van der Waals surface area contributed by atoms with E-state index in [0.717, 1.165) is 34.3 Å². The Hall–Kier alpha value is -1.32. The zero-order valence-electron chi connectivity index (χ0n) is 12.2. The van der Waals surface area contributed by atoms with E-state index >= 15 is 0 Å². The number of rotatable bonds is 4. The van der Waals surface area contributed by atoms with E-state index in [2.05, 4.69) is 35.6 Å². The van der Waals surface area contributed by atoms with Crippen LogP contribution in [0.4, 0.5) is 5.69 Å². The van der Waals surface area contributed by atoms with Crippen molar-refractivity contribution in [3.05, 3.63) is 52.5 Å². The van der Waals surface area contributed by atoms with Crippen LogP contribution in [-0.2, 0) is 0 Å². The summed E-state index contributed by atoms with van der Waals surface area (Å²) in [6, 6.07) is 12.6. The molecule has 1 unspecified atom stereocenters. The van der Waals surface area contributed by atoms with Crippen LogP contribution in [0.25, 0.3) is 0 Å². The summed E-state index contributed by atoms with van der Waals surface area (Å²) < 4.78 is 5.41. The fraction of sp³-hybridized carbons (Fsp3) is 0.294. The first-order chi connectivity index (χ1) is 10.2. The molecule has 0 saturated carbocycles. The number of benzene rings is 2. The van der Waals surface area contributed by atoms with Gasteiger partial charge in [-0.2, -0.15) is 0 Å². The van der Waals surface area contributed by atoms with Gasteiger partial charge in [-0.1, -0.05) is 29.8 Å². The van der Waals surface area contributed by atoms with Crippen LogP contribution >= 0.6 is 23.4 Å². The number of fused-ring (bicyclic) bond motifs is 1. The first-order valence-corrected chi connectivity index (χ1v) is 8.35. The van der Waals surface area contributed by atoms with Gasteiger partial charge in [0, 0.05) is 34.2 Å². The van der Waals surface area contributed by atoms with Crippen molar-refractivity contribution >= 4 is 29.1 Å². The highest BCUT2D eigenvalue weighted by Gasteiger charge is 2.22. The number of hydrogen-bond acceptors (Lipinski definition) is 3. The Morgan fingerprint density at radius 1 is 1.33 bits per heavy atom. The van der Waals surface area contributed by atoms with Crippen LogP contribution in [0.1, 0.15) is 17.0 Å². The van der Waals surface area contributed by atoms with Crippen LogP contribution in [0.3, 0.4) is 0 Å². The highest BCUT2D eigenvalue weighted by atomic mass is 35.5. The van der Waals surface area contributed by atoms with E-state index < -0.39 is 0 Å². The second kappa shape index (κ2) is 6.20. The summed E-state index contributed by atoms with van der Waals surface area (Å²) in [6.45, 7) is 2.91. The van der Waals surface area contributed by atoms with Gasteiger partial charge < -0.3 is 10.1 Å². The third-order valence-corrected chi connectivity index (χ3v) is 5.48. The van der Waals surface area contributed by atoms with Crippen LogP contribution in [-0.4, -0.2) is 19.4 Å². The lowest BCUT2D eigenvalue weighted by molar-refractivity contribution is 0.416. The van der Waals surface area contributed by atoms with Crippen molar-refractivity contribution in [2.75, 3.05) is 24.7 Å². The molecule has 0 saturated heterocycles. The van der Waals surface area contributed by atoms with E-state index in [1.807, 2.05) is 24.8 Å². The summed E-state index contributed by atoms with van der Waals surface area (Å²) in [5.74, 6) is 2.46. The summed E-state index contributed by atoms with van der Waals surface area (Å²) in [4.78, 5) is 1.41. The highest BCUT2D eigenvalue weighted by Crippen LogP contribution is 2.40. The molecule has 0 spiro atoms. The van der Waals surface area contributed by atoms with Gasteiger partial charge in [-0.25, -0.2) is 0 Å². The number of ether oxygens (including phenoxy) is 1. The van der Waals surface area contributed by atoms with Crippen molar-refractivity contribution in [2.45, 2.75) is 17.7 Å². The zero-order chi connectivity index (χ0) is 14.8. The Labute approximate surface area is 134 Å². The van der Waals surface area contributed by atoms with E-state index in [4.69, 9.17) is 16.3 Å². The molecule has 110 valence electrons. The van der Waals surface area contributed by atoms with Crippen molar-refractivity contribution in [1.82, 2.24) is 0 Å². The van der Waals surface area contributed by atoms with Crippen LogP contribution in [0.2, 0.25) is 5.02 Å².